The van der Waals surface area contributed by atoms with Gasteiger partial charge in [-0.1, -0.05) is 57.2 Å². The smallest absolute Gasteiger partial charge is 0.333 e. The highest BCUT2D eigenvalue weighted by atomic mass is 16.2. The molecule has 0 aliphatic carbocycles. The van der Waals surface area contributed by atoms with Gasteiger partial charge in [0.25, 0.3) is 0 Å². The molecule has 4 heteroatoms. The quantitative estimate of drug-likeness (QED) is 0.735. The van der Waals surface area contributed by atoms with E-state index in [9.17, 15) is 4.79 Å². The van der Waals surface area contributed by atoms with E-state index in [-0.39, 0.29) is 6.03 Å². The molecular formula is C18H29N3O. The minimum atomic E-state index is -0.342. The Hall–Kier alpha value is -1.71. The van der Waals surface area contributed by atoms with Gasteiger partial charge in [-0.2, -0.15) is 0 Å². The van der Waals surface area contributed by atoms with E-state index < -0.39 is 0 Å². The highest BCUT2D eigenvalue weighted by Gasteiger charge is 2.24. The van der Waals surface area contributed by atoms with Crippen LogP contribution in [0.2, 0.25) is 0 Å². The third-order valence-corrected chi connectivity index (χ3v) is 4.36. The average molecular weight is 303 g/mol. The number of amides is 2. The highest BCUT2D eigenvalue weighted by molar-refractivity contribution is 5.75. The van der Waals surface area contributed by atoms with E-state index in [1.165, 1.54) is 37.7 Å². The molecule has 0 unspecified atom stereocenters. The molecule has 1 aliphatic heterocycles. The van der Waals surface area contributed by atoms with Gasteiger partial charge in [0.15, 0.2) is 0 Å². The van der Waals surface area contributed by atoms with Crippen LogP contribution in [0, 0.1) is 0 Å². The molecule has 4 nitrogen and oxygen atoms in total. The number of hydrogen-bond acceptors (Lipinski definition) is 2. The minimum absolute atomic E-state index is 0.342. The molecule has 0 fully saturated rings. The molecule has 0 bridgehead atoms. The van der Waals surface area contributed by atoms with Gasteiger partial charge in [-0.3, -0.25) is 5.01 Å². The summed E-state index contributed by atoms with van der Waals surface area (Å²) in [5, 5.41) is 3.81. The van der Waals surface area contributed by atoms with E-state index in [1.807, 2.05) is 6.07 Å². The lowest BCUT2D eigenvalue weighted by Crippen LogP contribution is -2.51. The van der Waals surface area contributed by atoms with Crippen LogP contribution in [0.4, 0.5) is 10.5 Å². The van der Waals surface area contributed by atoms with Gasteiger partial charge >= 0.3 is 6.03 Å². The molecule has 2 N–H and O–H groups in total. The minimum Gasteiger partial charge on any atom is -0.350 e. The van der Waals surface area contributed by atoms with Crippen LogP contribution in [0.1, 0.15) is 57.4 Å². The molecule has 1 aliphatic rings. The van der Waals surface area contributed by atoms with E-state index in [4.69, 9.17) is 5.73 Å². The zero-order valence-electron chi connectivity index (χ0n) is 13.8. The average Bonchev–Trinajstić information content (AvgIpc) is 2.53. The van der Waals surface area contributed by atoms with Crippen molar-refractivity contribution < 1.29 is 4.79 Å². The van der Waals surface area contributed by atoms with Crippen molar-refractivity contribution in [3.63, 3.8) is 0 Å². The van der Waals surface area contributed by atoms with E-state index >= 15 is 0 Å². The SMILES string of the molecule is CCCCCCCCN(C(N)=O)N1CCCc2ccccc21. The normalized spacial score (nSPS) is 13.8. The maximum atomic E-state index is 11.9. The van der Waals surface area contributed by atoms with Gasteiger partial charge in [0.2, 0.25) is 0 Å². The van der Waals surface area contributed by atoms with Gasteiger partial charge in [-0.15, -0.1) is 0 Å². The van der Waals surface area contributed by atoms with Crippen molar-refractivity contribution in [1.82, 2.24) is 5.01 Å². The lowest BCUT2D eigenvalue weighted by atomic mass is 10.0. The summed E-state index contributed by atoms with van der Waals surface area (Å²) in [5.41, 5.74) is 8.08. The summed E-state index contributed by atoms with van der Waals surface area (Å²) < 4.78 is 0. The Morgan fingerprint density at radius 2 is 1.91 bits per heavy atom. The number of nitrogens with zero attached hydrogens (tertiary/aromatic N) is 2. The number of carbonyl (C=O) groups excluding carboxylic acids is 1. The molecule has 22 heavy (non-hydrogen) atoms. The van der Waals surface area contributed by atoms with E-state index in [0.717, 1.165) is 38.0 Å². The summed E-state index contributed by atoms with van der Waals surface area (Å²) >= 11 is 0. The summed E-state index contributed by atoms with van der Waals surface area (Å²) in [6.45, 7) is 3.81. The molecule has 1 heterocycles. The number of anilines is 1. The molecule has 0 saturated heterocycles. The second-order valence-corrected chi connectivity index (χ2v) is 6.08. The Labute approximate surface area is 134 Å². The zero-order valence-corrected chi connectivity index (χ0v) is 13.8. The van der Waals surface area contributed by atoms with E-state index in [2.05, 4.69) is 30.1 Å². The molecule has 0 spiro atoms. The van der Waals surface area contributed by atoms with Crippen molar-refractivity contribution in [3.8, 4) is 0 Å². The Morgan fingerprint density at radius 1 is 1.18 bits per heavy atom. The van der Waals surface area contributed by atoms with Crippen molar-refractivity contribution in [2.45, 2.75) is 58.3 Å². The van der Waals surface area contributed by atoms with Crippen molar-refractivity contribution in [1.29, 1.82) is 0 Å². The number of fused-ring (bicyclic) bond motifs is 1. The summed E-state index contributed by atoms with van der Waals surface area (Å²) in [7, 11) is 0. The fraction of sp³-hybridized carbons (Fsp3) is 0.611. The molecule has 122 valence electrons. The Balaban J connectivity index is 1.93. The van der Waals surface area contributed by atoms with Crippen LogP contribution in [0.25, 0.3) is 0 Å². The molecule has 2 rings (SSSR count). The van der Waals surface area contributed by atoms with Crippen molar-refractivity contribution in [2.24, 2.45) is 5.73 Å². The Morgan fingerprint density at radius 3 is 2.68 bits per heavy atom. The highest BCUT2D eigenvalue weighted by Crippen LogP contribution is 2.28. The first-order valence-electron chi connectivity index (χ1n) is 8.66. The van der Waals surface area contributed by atoms with Gasteiger partial charge in [-0.05, 0) is 30.9 Å². The van der Waals surface area contributed by atoms with Crippen LogP contribution in [0.3, 0.4) is 0 Å². The number of nitrogens with two attached hydrogens (primary N) is 1. The molecule has 0 aromatic heterocycles. The number of benzene rings is 1. The lowest BCUT2D eigenvalue weighted by molar-refractivity contribution is 0.198. The molecular weight excluding hydrogens is 274 g/mol. The van der Waals surface area contributed by atoms with Gasteiger partial charge in [0.1, 0.15) is 0 Å². The summed E-state index contributed by atoms with van der Waals surface area (Å²) in [5.74, 6) is 0. The predicted octanol–water partition coefficient (Wildman–Crippen LogP) is 4.10. The summed E-state index contributed by atoms with van der Waals surface area (Å²) in [4.78, 5) is 11.9. The summed E-state index contributed by atoms with van der Waals surface area (Å²) in [6, 6.07) is 7.98. The van der Waals surface area contributed by atoms with Crippen molar-refractivity contribution in [3.05, 3.63) is 29.8 Å². The zero-order chi connectivity index (χ0) is 15.8. The fourth-order valence-corrected chi connectivity index (χ4v) is 3.16. The van der Waals surface area contributed by atoms with Gasteiger partial charge in [0, 0.05) is 13.1 Å². The topological polar surface area (TPSA) is 49.6 Å². The molecule has 2 amide bonds. The Bertz CT molecular complexity index is 475. The fourth-order valence-electron chi connectivity index (χ4n) is 3.16. The number of unbranched alkanes of at least 4 members (excludes halogenated alkanes) is 5. The van der Waals surface area contributed by atoms with Crippen LogP contribution in [-0.4, -0.2) is 24.1 Å². The first-order chi connectivity index (χ1) is 10.7. The first kappa shape index (κ1) is 16.7. The van der Waals surface area contributed by atoms with Gasteiger partial charge < -0.3 is 5.73 Å². The van der Waals surface area contributed by atoms with Crippen LogP contribution in [0.5, 0.6) is 0 Å². The Kier molecular flexibility index (Phi) is 6.56. The third-order valence-electron chi connectivity index (χ3n) is 4.36. The molecule has 0 radical (unpaired) electrons. The van der Waals surface area contributed by atoms with Crippen molar-refractivity contribution in [2.75, 3.05) is 18.1 Å². The number of primary amides is 1. The van der Waals surface area contributed by atoms with Gasteiger partial charge in [-0.25, -0.2) is 9.80 Å². The number of carbonyl (C=O) groups is 1. The third kappa shape index (κ3) is 4.39. The van der Waals surface area contributed by atoms with Crippen LogP contribution in [0.15, 0.2) is 24.3 Å². The molecule has 0 saturated carbocycles. The van der Waals surface area contributed by atoms with Crippen LogP contribution >= 0.6 is 0 Å². The monoisotopic (exact) mass is 303 g/mol. The number of urea groups is 1. The number of hydrogen-bond donors (Lipinski definition) is 1. The predicted molar refractivity (Wildman–Crippen MR) is 91.8 cm³/mol. The largest absolute Gasteiger partial charge is 0.350 e. The second-order valence-electron chi connectivity index (χ2n) is 6.08. The van der Waals surface area contributed by atoms with Crippen LogP contribution in [-0.2, 0) is 6.42 Å². The molecule has 1 aromatic rings. The lowest BCUT2D eigenvalue weighted by Gasteiger charge is -2.39. The van der Waals surface area contributed by atoms with E-state index in [1.54, 1.807) is 5.01 Å². The number of rotatable bonds is 8. The second kappa shape index (κ2) is 8.66. The number of hydrazine groups is 1. The maximum absolute atomic E-state index is 11.9. The van der Waals surface area contributed by atoms with Crippen molar-refractivity contribution >= 4 is 11.7 Å². The van der Waals surface area contributed by atoms with Crippen LogP contribution < -0.4 is 10.7 Å². The van der Waals surface area contributed by atoms with E-state index in [0.29, 0.717) is 0 Å². The molecule has 1 aromatic carbocycles. The number of aryl methyl sites for hydroxylation is 1. The number of para-hydroxylation sites is 1. The standard InChI is InChI=1S/C18H29N3O/c1-2-3-4-5-6-9-14-21(18(19)22)20-15-10-12-16-11-7-8-13-17(16)20/h7-8,11,13H,2-6,9-10,12,14-15H2,1H3,(H2,19,22). The molecule has 0 atom stereocenters. The maximum Gasteiger partial charge on any atom is 0.333 e. The summed E-state index contributed by atoms with van der Waals surface area (Å²) in [6.07, 6.45) is 9.44. The first-order valence-corrected chi connectivity index (χ1v) is 8.66. The van der Waals surface area contributed by atoms with Gasteiger partial charge in [0.05, 0.1) is 5.69 Å².